The third kappa shape index (κ3) is 7.17. The highest BCUT2D eigenvalue weighted by molar-refractivity contribution is 5.91. The van der Waals surface area contributed by atoms with Crippen LogP contribution >= 0.6 is 24.8 Å². The van der Waals surface area contributed by atoms with Crippen LogP contribution in [0.1, 0.15) is 12.0 Å². The Bertz CT molecular complexity index is 668. The van der Waals surface area contributed by atoms with Crippen LogP contribution in [-0.4, -0.2) is 36.7 Å². The van der Waals surface area contributed by atoms with Crippen molar-refractivity contribution in [2.75, 3.05) is 25.1 Å². The van der Waals surface area contributed by atoms with E-state index in [1.165, 1.54) is 0 Å². The molecule has 1 aliphatic rings. The number of nitrogens with zero attached hydrogens (tertiary/aromatic N) is 1. The van der Waals surface area contributed by atoms with Crippen molar-refractivity contribution in [1.82, 2.24) is 10.3 Å². The monoisotopic (exact) mass is 399 g/mol. The van der Waals surface area contributed by atoms with Gasteiger partial charge in [-0.1, -0.05) is 12.1 Å². The minimum absolute atomic E-state index is 0. The molecule has 0 bridgehead atoms. The summed E-state index contributed by atoms with van der Waals surface area (Å²) >= 11 is 0. The maximum Gasteiger partial charge on any atom is 0.226 e. The molecular weight excluding hydrogens is 377 g/mol. The van der Waals surface area contributed by atoms with Gasteiger partial charge in [-0.05, 0) is 18.2 Å². The summed E-state index contributed by atoms with van der Waals surface area (Å²) in [6.45, 7) is 2.50. The molecule has 2 N–H and O–H groups in total. The van der Waals surface area contributed by atoms with E-state index in [-0.39, 0.29) is 36.8 Å². The predicted octanol–water partition coefficient (Wildman–Crippen LogP) is 2.82. The van der Waals surface area contributed by atoms with Crippen LogP contribution in [0.4, 0.5) is 5.69 Å². The van der Waals surface area contributed by atoms with Crippen LogP contribution in [-0.2, 0) is 16.1 Å². The molecule has 0 radical (unpaired) electrons. The van der Waals surface area contributed by atoms with E-state index in [4.69, 9.17) is 9.47 Å². The molecule has 1 aliphatic heterocycles. The molecule has 1 amide bonds. The zero-order valence-corrected chi connectivity index (χ0v) is 15.9. The number of pyridine rings is 1. The minimum atomic E-state index is -0.0394. The Morgan fingerprint density at radius 1 is 1.31 bits per heavy atom. The quantitative estimate of drug-likeness (QED) is 0.780. The van der Waals surface area contributed by atoms with Crippen molar-refractivity contribution in [2.45, 2.75) is 19.1 Å². The van der Waals surface area contributed by atoms with Crippen molar-refractivity contribution in [2.24, 2.45) is 0 Å². The number of amides is 1. The summed E-state index contributed by atoms with van der Waals surface area (Å²) in [5, 5.41) is 6.17. The third-order valence-corrected chi connectivity index (χ3v) is 3.68. The van der Waals surface area contributed by atoms with Gasteiger partial charge in [-0.2, -0.15) is 0 Å². The van der Waals surface area contributed by atoms with E-state index in [2.05, 4.69) is 15.6 Å². The lowest BCUT2D eigenvalue weighted by Crippen LogP contribution is -2.43. The summed E-state index contributed by atoms with van der Waals surface area (Å²) in [6, 6.07) is 11.3. The number of anilines is 1. The number of ether oxygens (including phenoxy) is 2. The molecule has 1 saturated heterocycles. The second kappa shape index (κ2) is 11.7. The Labute approximate surface area is 165 Å². The van der Waals surface area contributed by atoms with Gasteiger partial charge in [-0.3, -0.25) is 9.78 Å². The van der Waals surface area contributed by atoms with E-state index in [1.54, 1.807) is 12.4 Å². The van der Waals surface area contributed by atoms with Gasteiger partial charge in [0, 0.05) is 48.7 Å². The largest absolute Gasteiger partial charge is 0.489 e. The number of aromatic nitrogens is 1. The second-order valence-corrected chi connectivity index (χ2v) is 5.66. The van der Waals surface area contributed by atoms with Crippen LogP contribution in [0.15, 0.2) is 48.8 Å². The van der Waals surface area contributed by atoms with E-state index >= 15 is 0 Å². The Hall–Kier alpha value is -1.86. The maximum absolute atomic E-state index is 12.1. The van der Waals surface area contributed by atoms with Gasteiger partial charge in [0.2, 0.25) is 5.91 Å². The smallest absolute Gasteiger partial charge is 0.226 e. The van der Waals surface area contributed by atoms with Crippen LogP contribution in [0.25, 0.3) is 0 Å². The van der Waals surface area contributed by atoms with Gasteiger partial charge < -0.3 is 20.1 Å². The molecule has 0 spiro atoms. The number of hydrogen-bond acceptors (Lipinski definition) is 5. The first-order chi connectivity index (χ1) is 11.8. The lowest BCUT2D eigenvalue weighted by atomic mass is 10.2. The fourth-order valence-corrected chi connectivity index (χ4v) is 2.50. The number of halogens is 2. The summed E-state index contributed by atoms with van der Waals surface area (Å²) < 4.78 is 11.1. The number of nitrogens with one attached hydrogen (secondary N) is 2. The molecule has 6 nitrogen and oxygen atoms in total. The number of hydrogen-bond donors (Lipinski definition) is 2. The first-order valence-corrected chi connectivity index (χ1v) is 8.02. The van der Waals surface area contributed by atoms with Crippen molar-refractivity contribution in [3.8, 4) is 5.75 Å². The molecule has 1 aromatic carbocycles. The highest BCUT2D eigenvalue weighted by atomic mass is 35.5. The van der Waals surface area contributed by atoms with Crippen LogP contribution in [0.3, 0.4) is 0 Å². The third-order valence-electron chi connectivity index (χ3n) is 3.68. The predicted molar refractivity (Wildman–Crippen MR) is 105 cm³/mol. The first kappa shape index (κ1) is 22.2. The lowest BCUT2D eigenvalue weighted by molar-refractivity contribution is -0.117. The summed E-state index contributed by atoms with van der Waals surface area (Å²) in [5.74, 6) is 0.665. The fraction of sp³-hybridized carbons (Fsp3) is 0.333. The molecule has 26 heavy (non-hydrogen) atoms. The Morgan fingerprint density at radius 2 is 2.19 bits per heavy atom. The van der Waals surface area contributed by atoms with Crippen molar-refractivity contribution in [1.29, 1.82) is 0 Å². The van der Waals surface area contributed by atoms with Crippen molar-refractivity contribution >= 4 is 36.4 Å². The summed E-state index contributed by atoms with van der Waals surface area (Å²) in [6.07, 6.45) is 3.89. The van der Waals surface area contributed by atoms with Gasteiger partial charge in [0.25, 0.3) is 0 Å². The van der Waals surface area contributed by atoms with Crippen molar-refractivity contribution in [3.63, 3.8) is 0 Å². The molecule has 1 atom stereocenters. The summed E-state index contributed by atoms with van der Waals surface area (Å²) in [5.41, 5.74) is 1.72. The van der Waals surface area contributed by atoms with Gasteiger partial charge in [0.15, 0.2) is 0 Å². The molecule has 2 aromatic rings. The zero-order chi connectivity index (χ0) is 16.6. The number of carbonyl (C=O) groups excluding carboxylic acids is 1. The molecule has 1 fully saturated rings. The second-order valence-electron chi connectivity index (χ2n) is 5.66. The molecular formula is C18H23Cl2N3O3. The van der Waals surface area contributed by atoms with Crippen LogP contribution < -0.4 is 15.4 Å². The zero-order valence-electron chi connectivity index (χ0n) is 14.2. The minimum Gasteiger partial charge on any atom is -0.489 e. The van der Waals surface area contributed by atoms with Crippen molar-refractivity contribution in [3.05, 3.63) is 54.4 Å². The van der Waals surface area contributed by atoms with E-state index in [9.17, 15) is 4.79 Å². The number of rotatable bonds is 6. The average Bonchev–Trinajstić information content (AvgIpc) is 2.62. The summed E-state index contributed by atoms with van der Waals surface area (Å²) in [4.78, 5) is 16.2. The average molecular weight is 400 g/mol. The SMILES string of the molecule is Cl.Cl.O=C(CC1COCCN1)Nc1cccc(OCc2cccnc2)c1. The molecule has 142 valence electrons. The van der Waals surface area contributed by atoms with E-state index in [0.29, 0.717) is 32.0 Å². The van der Waals surface area contributed by atoms with Gasteiger partial charge in [0.1, 0.15) is 12.4 Å². The first-order valence-electron chi connectivity index (χ1n) is 8.02. The van der Waals surface area contributed by atoms with E-state index in [0.717, 1.165) is 17.8 Å². The highest BCUT2D eigenvalue weighted by Gasteiger charge is 2.16. The number of carbonyl (C=O) groups is 1. The molecule has 1 unspecified atom stereocenters. The number of morpholine rings is 1. The van der Waals surface area contributed by atoms with E-state index < -0.39 is 0 Å². The van der Waals surface area contributed by atoms with Crippen LogP contribution in [0.5, 0.6) is 5.75 Å². The highest BCUT2D eigenvalue weighted by Crippen LogP contribution is 2.19. The van der Waals surface area contributed by atoms with Gasteiger partial charge in [-0.25, -0.2) is 0 Å². The molecule has 8 heteroatoms. The van der Waals surface area contributed by atoms with Crippen LogP contribution in [0, 0.1) is 0 Å². The Balaban J connectivity index is 0.00000169. The lowest BCUT2D eigenvalue weighted by Gasteiger charge is -2.23. The van der Waals surface area contributed by atoms with E-state index in [1.807, 2.05) is 36.4 Å². The topological polar surface area (TPSA) is 72.5 Å². The molecule has 3 rings (SSSR count). The summed E-state index contributed by atoms with van der Waals surface area (Å²) in [7, 11) is 0. The Morgan fingerprint density at radius 3 is 2.92 bits per heavy atom. The molecule has 1 aromatic heterocycles. The number of benzene rings is 1. The normalized spacial score (nSPS) is 15.9. The van der Waals surface area contributed by atoms with Crippen LogP contribution in [0.2, 0.25) is 0 Å². The fourth-order valence-electron chi connectivity index (χ4n) is 2.50. The standard InChI is InChI=1S/C18H21N3O3.2ClH/c22-18(10-16-13-23-8-7-20-16)21-15-4-1-5-17(9-15)24-12-14-3-2-6-19-11-14;;/h1-6,9,11,16,20H,7-8,10,12-13H2,(H,21,22);2*1H. The molecule has 0 aliphatic carbocycles. The van der Waals surface area contributed by atoms with Gasteiger partial charge in [-0.15, -0.1) is 24.8 Å². The van der Waals surface area contributed by atoms with Crippen molar-refractivity contribution < 1.29 is 14.3 Å². The molecule has 0 saturated carbocycles. The molecule has 2 heterocycles. The van der Waals surface area contributed by atoms with Gasteiger partial charge >= 0.3 is 0 Å². The Kier molecular flexibility index (Phi) is 9.98. The van der Waals surface area contributed by atoms with Gasteiger partial charge in [0.05, 0.1) is 13.2 Å². The maximum atomic E-state index is 12.1.